The highest BCUT2D eigenvalue weighted by atomic mass is 16.4. The molecule has 6 heteroatoms. The lowest BCUT2D eigenvalue weighted by atomic mass is 10.1. The van der Waals surface area contributed by atoms with Gasteiger partial charge in [0.25, 0.3) is 0 Å². The SMILES string of the molecule is CCC.CNCc1cc(C(=O)O)cc(C(=O)O)c1.COC. The first-order valence-electron chi connectivity index (χ1n) is 6.53. The summed E-state index contributed by atoms with van der Waals surface area (Å²) in [6.45, 7) is 4.68. The standard InChI is InChI=1S/C10H11NO4.C3H8.C2H6O/c1-11-5-6-2-7(9(12)13)4-8(3-6)10(14)15;2*1-3-2/h2-4,11H,5H2,1H3,(H,12,13)(H,14,15);3H2,1-2H3;1-2H3. The van der Waals surface area contributed by atoms with Crippen LogP contribution in [0.3, 0.4) is 0 Å². The van der Waals surface area contributed by atoms with Crippen molar-refractivity contribution >= 4 is 11.9 Å². The molecule has 3 N–H and O–H groups in total. The molecule has 21 heavy (non-hydrogen) atoms. The largest absolute Gasteiger partial charge is 0.478 e. The lowest BCUT2D eigenvalue weighted by Crippen LogP contribution is -2.09. The number of ether oxygens (including phenoxy) is 1. The van der Waals surface area contributed by atoms with Crippen molar-refractivity contribution in [2.75, 3.05) is 21.3 Å². The second-order valence-electron chi connectivity index (χ2n) is 4.17. The second kappa shape index (κ2) is 13.1. The van der Waals surface area contributed by atoms with E-state index in [9.17, 15) is 9.59 Å². The van der Waals surface area contributed by atoms with Gasteiger partial charge in [-0.1, -0.05) is 20.3 Å². The molecule has 0 aliphatic heterocycles. The summed E-state index contributed by atoms with van der Waals surface area (Å²) < 4.78 is 4.25. The van der Waals surface area contributed by atoms with Gasteiger partial charge in [0.2, 0.25) is 0 Å². The molecule has 1 aromatic carbocycles. The van der Waals surface area contributed by atoms with E-state index in [1.807, 2.05) is 0 Å². The number of hydrogen-bond donors (Lipinski definition) is 3. The maximum atomic E-state index is 10.7. The van der Waals surface area contributed by atoms with Crippen LogP contribution >= 0.6 is 0 Å². The smallest absolute Gasteiger partial charge is 0.335 e. The summed E-state index contributed by atoms with van der Waals surface area (Å²) >= 11 is 0. The maximum Gasteiger partial charge on any atom is 0.335 e. The van der Waals surface area contributed by atoms with Crippen LogP contribution in [-0.2, 0) is 11.3 Å². The monoisotopic (exact) mass is 299 g/mol. The van der Waals surface area contributed by atoms with Crippen LogP contribution in [0.5, 0.6) is 0 Å². The Morgan fingerprint density at radius 1 is 1.05 bits per heavy atom. The van der Waals surface area contributed by atoms with Gasteiger partial charge < -0.3 is 20.3 Å². The van der Waals surface area contributed by atoms with Crippen molar-refractivity contribution in [3.63, 3.8) is 0 Å². The molecule has 0 aliphatic rings. The zero-order chi connectivity index (χ0) is 16.8. The number of benzene rings is 1. The Bertz CT molecular complexity index is 398. The van der Waals surface area contributed by atoms with Crippen molar-refractivity contribution in [1.82, 2.24) is 5.32 Å². The summed E-state index contributed by atoms with van der Waals surface area (Å²) in [5.74, 6) is -2.26. The van der Waals surface area contributed by atoms with E-state index < -0.39 is 11.9 Å². The molecular weight excluding hydrogens is 274 g/mol. The van der Waals surface area contributed by atoms with Gasteiger partial charge >= 0.3 is 11.9 Å². The van der Waals surface area contributed by atoms with Crippen LogP contribution in [0.15, 0.2) is 18.2 Å². The fraction of sp³-hybridized carbons (Fsp3) is 0.467. The fourth-order valence-electron chi connectivity index (χ4n) is 1.25. The van der Waals surface area contributed by atoms with Gasteiger partial charge in [-0.2, -0.15) is 0 Å². The average molecular weight is 299 g/mol. The quantitative estimate of drug-likeness (QED) is 0.790. The molecule has 0 heterocycles. The minimum absolute atomic E-state index is 0.0137. The van der Waals surface area contributed by atoms with Crippen LogP contribution in [0.1, 0.15) is 46.5 Å². The topological polar surface area (TPSA) is 95.9 Å². The number of carboxylic acid groups (broad SMARTS) is 2. The Labute approximate surface area is 125 Å². The number of rotatable bonds is 4. The third-order valence-electron chi connectivity index (χ3n) is 1.87. The summed E-state index contributed by atoms with van der Waals surface area (Å²) in [6.07, 6.45) is 1.25. The van der Waals surface area contributed by atoms with Crippen molar-refractivity contribution in [2.24, 2.45) is 0 Å². The highest BCUT2D eigenvalue weighted by molar-refractivity contribution is 5.94. The third kappa shape index (κ3) is 10.5. The van der Waals surface area contributed by atoms with E-state index in [1.165, 1.54) is 18.6 Å². The van der Waals surface area contributed by atoms with E-state index in [0.29, 0.717) is 12.1 Å². The van der Waals surface area contributed by atoms with Crippen molar-refractivity contribution in [2.45, 2.75) is 26.8 Å². The summed E-state index contributed by atoms with van der Waals surface area (Å²) in [5, 5.41) is 20.4. The van der Waals surface area contributed by atoms with E-state index in [-0.39, 0.29) is 11.1 Å². The summed E-state index contributed by atoms with van der Waals surface area (Å²) in [7, 11) is 4.95. The highest BCUT2D eigenvalue weighted by Crippen LogP contribution is 2.10. The molecule has 0 amide bonds. The van der Waals surface area contributed by atoms with Gasteiger partial charge in [0.15, 0.2) is 0 Å². The fourth-order valence-corrected chi connectivity index (χ4v) is 1.25. The van der Waals surface area contributed by atoms with Gasteiger partial charge in [-0.25, -0.2) is 9.59 Å². The molecule has 0 aromatic heterocycles. The molecule has 0 saturated carbocycles. The normalized spacial score (nSPS) is 8.81. The zero-order valence-electron chi connectivity index (χ0n) is 13.3. The molecule has 0 aliphatic carbocycles. The van der Waals surface area contributed by atoms with Gasteiger partial charge in [-0.3, -0.25) is 0 Å². The molecule has 0 bridgehead atoms. The molecule has 1 rings (SSSR count). The lowest BCUT2D eigenvalue weighted by molar-refractivity contribution is 0.0696. The Morgan fingerprint density at radius 3 is 1.62 bits per heavy atom. The first-order chi connectivity index (χ1) is 9.87. The van der Waals surface area contributed by atoms with E-state index in [0.717, 1.165) is 6.07 Å². The first kappa shape index (κ1) is 21.4. The highest BCUT2D eigenvalue weighted by Gasteiger charge is 2.10. The molecule has 0 radical (unpaired) electrons. The molecule has 0 saturated heterocycles. The average Bonchev–Trinajstić information content (AvgIpc) is 2.40. The van der Waals surface area contributed by atoms with E-state index in [1.54, 1.807) is 21.3 Å². The van der Waals surface area contributed by atoms with Crippen LogP contribution < -0.4 is 5.32 Å². The molecule has 120 valence electrons. The number of hydrogen-bond acceptors (Lipinski definition) is 4. The van der Waals surface area contributed by atoms with Crippen LogP contribution in [0.2, 0.25) is 0 Å². The molecule has 1 aromatic rings. The van der Waals surface area contributed by atoms with Crippen LogP contribution in [0.25, 0.3) is 0 Å². The molecule has 0 fully saturated rings. The van der Waals surface area contributed by atoms with Gasteiger partial charge in [0, 0.05) is 20.8 Å². The second-order valence-corrected chi connectivity index (χ2v) is 4.17. The predicted molar refractivity (Wildman–Crippen MR) is 82.0 cm³/mol. The predicted octanol–water partition coefficient (Wildman–Crippen LogP) is 2.48. The van der Waals surface area contributed by atoms with Crippen molar-refractivity contribution in [3.8, 4) is 0 Å². The molecular formula is C15H25NO5. The Balaban J connectivity index is 0. The van der Waals surface area contributed by atoms with Crippen LogP contribution in [0.4, 0.5) is 0 Å². The minimum atomic E-state index is -1.13. The Hall–Kier alpha value is -1.92. The number of aromatic carboxylic acids is 2. The molecule has 0 spiro atoms. The number of nitrogens with one attached hydrogen (secondary N) is 1. The van der Waals surface area contributed by atoms with Crippen molar-refractivity contribution < 1.29 is 24.5 Å². The van der Waals surface area contributed by atoms with Crippen LogP contribution in [0, 0.1) is 0 Å². The summed E-state index contributed by atoms with van der Waals surface area (Å²) in [6, 6.07) is 4.04. The number of carboxylic acids is 2. The summed E-state index contributed by atoms with van der Waals surface area (Å²) in [4.78, 5) is 21.4. The van der Waals surface area contributed by atoms with E-state index in [4.69, 9.17) is 10.2 Å². The molecule has 0 unspecified atom stereocenters. The maximum absolute atomic E-state index is 10.7. The van der Waals surface area contributed by atoms with Gasteiger partial charge in [0.05, 0.1) is 11.1 Å². The zero-order valence-corrected chi connectivity index (χ0v) is 13.3. The first-order valence-corrected chi connectivity index (χ1v) is 6.53. The van der Waals surface area contributed by atoms with E-state index in [2.05, 4.69) is 23.9 Å². The Kier molecular flexibility index (Phi) is 13.3. The van der Waals surface area contributed by atoms with Crippen molar-refractivity contribution in [1.29, 1.82) is 0 Å². The number of methoxy groups -OCH3 is 1. The van der Waals surface area contributed by atoms with Gasteiger partial charge in [-0.15, -0.1) is 0 Å². The summed E-state index contributed by atoms with van der Waals surface area (Å²) in [5.41, 5.74) is 0.607. The minimum Gasteiger partial charge on any atom is -0.478 e. The molecule has 0 atom stereocenters. The van der Waals surface area contributed by atoms with Gasteiger partial charge in [0.1, 0.15) is 0 Å². The lowest BCUT2D eigenvalue weighted by Gasteiger charge is -2.04. The number of carbonyl (C=O) groups is 2. The van der Waals surface area contributed by atoms with Crippen molar-refractivity contribution in [3.05, 3.63) is 34.9 Å². The van der Waals surface area contributed by atoms with Crippen LogP contribution in [-0.4, -0.2) is 43.4 Å². The Morgan fingerprint density at radius 2 is 1.38 bits per heavy atom. The molecule has 6 nitrogen and oxygen atoms in total. The third-order valence-corrected chi connectivity index (χ3v) is 1.87. The van der Waals surface area contributed by atoms with E-state index >= 15 is 0 Å². The van der Waals surface area contributed by atoms with Gasteiger partial charge in [-0.05, 0) is 30.8 Å².